The molecule has 1 fully saturated rings. The van der Waals surface area contributed by atoms with Crippen LogP contribution in [0, 0.1) is 0 Å². The lowest BCUT2D eigenvalue weighted by molar-refractivity contribution is -0.136. The van der Waals surface area contributed by atoms with Crippen molar-refractivity contribution in [2.45, 2.75) is 25.4 Å². The molecule has 15 nitrogen and oxygen atoms in total. The minimum atomic E-state index is -0.671. The highest BCUT2D eigenvalue weighted by molar-refractivity contribution is 6.05. The molecule has 2 aromatic carbocycles. The van der Waals surface area contributed by atoms with Crippen LogP contribution in [0.3, 0.4) is 0 Å². The maximum Gasteiger partial charge on any atom is 0.319 e. The molecular formula is C30H39N7O8. The molecule has 242 valence electrons. The van der Waals surface area contributed by atoms with E-state index in [1.54, 1.807) is 36.4 Å². The van der Waals surface area contributed by atoms with E-state index in [2.05, 4.69) is 26.6 Å². The molecule has 7 N–H and O–H groups in total. The highest BCUT2D eigenvalue weighted by Gasteiger charge is 2.39. The lowest BCUT2D eigenvalue weighted by Crippen LogP contribution is -2.52. The second-order valence-electron chi connectivity index (χ2n) is 10.2. The molecule has 1 atom stereocenters. The number of urea groups is 1. The standard InChI is InChI=1S/C30H39N7O8/c31-19-45-16-15-44-14-13-43-12-11-33-27(39)23-3-1-2-4-24(23)35-30(42)34-10-9-32-21-5-6-22-20(17-21)18-37(29(22)41)25-7-8-26(38)36-28(25)40/h1-6,17,25,32H,7-16,18-19,31H2,(H,33,39)(H2,34,35,42)(H,36,38,40). The van der Waals surface area contributed by atoms with E-state index in [0.717, 1.165) is 11.3 Å². The fourth-order valence-electron chi connectivity index (χ4n) is 4.88. The van der Waals surface area contributed by atoms with Gasteiger partial charge in [-0.1, -0.05) is 12.1 Å². The van der Waals surface area contributed by atoms with E-state index in [-0.39, 0.29) is 50.5 Å². The number of hydrogen-bond donors (Lipinski definition) is 6. The number of nitrogens with two attached hydrogens (primary N) is 1. The Labute approximate surface area is 260 Å². The number of nitrogens with one attached hydrogen (secondary N) is 5. The number of piperidine rings is 1. The van der Waals surface area contributed by atoms with Gasteiger partial charge in [0.2, 0.25) is 11.8 Å². The van der Waals surface area contributed by atoms with Gasteiger partial charge in [-0.2, -0.15) is 0 Å². The Hall–Kier alpha value is -4.57. The van der Waals surface area contributed by atoms with Crippen LogP contribution in [0.15, 0.2) is 42.5 Å². The van der Waals surface area contributed by atoms with Gasteiger partial charge in [-0.25, -0.2) is 4.79 Å². The third-order valence-electron chi connectivity index (χ3n) is 7.08. The van der Waals surface area contributed by atoms with E-state index in [4.69, 9.17) is 19.9 Å². The average Bonchev–Trinajstić information content (AvgIpc) is 3.35. The summed E-state index contributed by atoms with van der Waals surface area (Å²) in [5.41, 5.74) is 7.95. The van der Waals surface area contributed by atoms with Gasteiger partial charge >= 0.3 is 6.03 Å². The number of nitrogens with zero attached hydrogens (tertiary/aromatic N) is 1. The van der Waals surface area contributed by atoms with Crippen LogP contribution in [-0.2, 0) is 30.3 Å². The van der Waals surface area contributed by atoms with Crippen molar-refractivity contribution in [3.05, 3.63) is 59.2 Å². The molecule has 0 bridgehead atoms. The zero-order valence-corrected chi connectivity index (χ0v) is 24.9. The second-order valence-corrected chi connectivity index (χ2v) is 10.2. The van der Waals surface area contributed by atoms with Crippen LogP contribution < -0.4 is 32.3 Å². The number of para-hydroxylation sites is 1. The number of benzene rings is 2. The van der Waals surface area contributed by atoms with Crippen LogP contribution in [-0.4, -0.2) is 100 Å². The summed E-state index contributed by atoms with van der Waals surface area (Å²) in [6.07, 6.45) is 0.500. The van der Waals surface area contributed by atoms with Crippen LogP contribution in [0.2, 0.25) is 0 Å². The van der Waals surface area contributed by atoms with Crippen LogP contribution >= 0.6 is 0 Å². The zero-order valence-electron chi connectivity index (χ0n) is 24.9. The summed E-state index contributed by atoms with van der Waals surface area (Å²) in [7, 11) is 0. The molecule has 1 saturated heterocycles. The smallest absolute Gasteiger partial charge is 0.319 e. The summed E-state index contributed by atoms with van der Waals surface area (Å²) in [5.74, 6) is -1.37. The number of amides is 6. The Morgan fingerprint density at radius 2 is 1.67 bits per heavy atom. The van der Waals surface area contributed by atoms with Gasteiger partial charge in [0.05, 0.1) is 51.0 Å². The SMILES string of the molecule is NCOCCOCCOCCNC(=O)c1ccccc1NC(=O)NCCNc1ccc2c(c1)CN(C1CCC(=O)NC1=O)C2=O. The van der Waals surface area contributed by atoms with Gasteiger partial charge in [-0.3, -0.25) is 24.5 Å². The average molecular weight is 626 g/mol. The van der Waals surface area contributed by atoms with Crippen molar-refractivity contribution < 1.29 is 38.2 Å². The van der Waals surface area contributed by atoms with Crippen molar-refractivity contribution in [3.8, 4) is 0 Å². The first-order valence-corrected chi connectivity index (χ1v) is 14.7. The van der Waals surface area contributed by atoms with Crippen molar-refractivity contribution in [2.24, 2.45) is 5.73 Å². The van der Waals surface area contributed by atoms with Gasteiger partial charge in [0.1, 0.15) is 6.04 Å². The number of ether oxygens (including phenoxy) is 3. The number of carbonyl (C=O) groups is 5. The number of hydrogen-bond acceptors (Lipinski definition) is 10. The molecule has 2 heterocycles. The van der Waals surface area contributed by atoms with Gasteiger partial charge in [-0.15, -0.1) is 0 Å². The van der Waals surface area contributed by atoms with Gasteiger partial charge < -0.3 is 46.1 Å². The van der Waals surface area contributed by atoms with Crippen LogP contribution in [0.5, 0.6) is 0 Å². The molecule has 4 rings (SSSR count). The van der Waals surface area contributed by atoms with Gasteiger partial charge in [0.25, 0.3) is 11.8 Å². The maximum atomic E-state index is 12.9. The molecule has 2 aliphatic rings. The molecule has 0 saturated carbocycles. The van der Waals surface area contributed by atoms with Crippen molar-refractivity contribution in [2.75, 3.05) is 70.0 Å². The molecule has 6 amide bonds. The quantitative estimate of drug-likeness (QED) is 0.0810. The first kappa shape index (κ1) is 33.3. The molecule has 1 unspecified atom stereocenters. The minimum Gasteiger partial charge on any atom is -0.383 e. The van der Waals surface area contributed by atoms with Crippen LogP contribution in [0.25, 0.3) is 0 Å². The summed E-state index contributed by atoms with van der Waals surface area (Å²) in [6, 6.07) is 10.8. The summed E-state index contributed by atoms with van der Waals surface area (Å²) in [5, 5.41) is 13.7. The minimum absolute atomic E-state index is 0.153. The predicted octanol–water partition coefficient (Wildman–Crippen LogP) is 0.377. The largest absolute Gasteiger partial charge is 0.383 e. The Bertz CT molecular complexity index is 1370. The topological polar surface area (TPSA) is 202 Å². The highest BCUT2D eigenvalue weighted by Crippen LogP contribution is 2.29. The molecule has 0 radical (unpaired) electrons. The molecule has 2 aliphatic heterocycles. The van der Waals surface area contributed by atoms with Crippen molar-refractivity contribution >= 4 is 41.0 Å². The first-order chi connectivity index (χ1) is 21.9. The lowest BCUT2D eigenvalue weighted by Gasteiger charge is -2.29. The number of fused-ring (bicyclic) bond motifs is 1. The van der Waals surface area contributed by atoms with Gasteiger partial charge in [0, 0.05) is 43.9 Å². The van der Waals surface area contributed by atoms with E-state index in [1.165, 1.54) is 4.90 Å². The number of imide groups is 1. The Morgan fingerprint density at radius 1 is 0.911 bits per heavy atom. The molecule has 2 aromatic rings. The number of rotatable bonds is 17. The van der Waals surface area contributed by atoms with Crippen molar-refractivity contribution in [1.29, 1.82) is 0 Å². The fourth-order valence-corrected chi connectivity index (χ4v) is 4.88. The molecule has 0 aliphatic carbocycles. The molecular weight excluding hydrogens is 586 g/mol. The summed E-state index contributed by atoms with van der Waals surface area (Å²) < 4.78 is 15.7. The summed E-state index contributed by atoms with van der Waals surface area (Å²) in [4.78, 5) is 63.3. The Kier molecular flexibility index (Phi) is 12.6. The lowest BCUT2D eigenvalue weighted by atomic mass is 10.0. The van der Waals surface area contributed by atoms with Gasteiger partial charge in [0.15, 0.2) is 0 Å². The van der Waals surface area contributed by atoms with Crippen LogP contribution in [0.1, 0.15) is 39.1 Å². The van der Waals surface area contributed by atoms with Gasteiger partial charge in [-0.05, 0) is 42.3 Å². The monoisotopic (exact) mass is 625 g/mol. The Balaban J connectivity index is 1.15. The third-order valence-corrected chi connectivity index (χ3v) is 7.08. The molecule has 15 heteroatoms. The Morgan fingerprint density at radius 3 is 2.44 bits per heavy atom. The maximum absolute atomic E-state index is 12.9. The molecule has 0 aromatic heterocycles. The zero-order chi connectivity index (χ0) is 32.0. The fraction of sp³-hybridized carbons (Fsp3) is 0.433. The molecule has 0 spiro atoms. The molecule has 45 heavy (non-hydrogen) atoms. The number of carbonyl (C=O) groups excluding carboxylic acids is 5. The normalized spacial score (nSPS) is 15.8. The van der Waals surface area contributed by atoms with E-state index < -0.39 is 18.0 Å². The van der Waals surface area contributed by atoms with Crippen molar-refractivity contribution in [1.82, 2.24) is 20.9 Å². The van der Waals surface area contributed by atoms with Crippen LogP contribution in [0.4, 0.5) is 16.2 Å². The van der Waals surface area contributed by atoms with Crippen molar-refractivity contribution in [3.63, 3.8) is 0 Å². The first-order valence-electron chi connectivity index (χ1n) is 14.7. The van der Waals surface area contributed by atoms with E-state index >= 15 is 0 Å². The summed E-state index contributed by atoms with van der Waals surface area (Å²) >= 11 is 0. The third kappa shape index (κ3) is 9.71. The van der Waals surface area contributed by atoms with E-state index in [0.29, 0.717) is 62.8 Å². The second kappa shape index (κ2) is 17.1. The number of anilines is 2. The summed E-state index contributed by atoms with van der Waals surface area (Å²) in [6.45, 7) is 3.31. The van der Waals surface area contributed by atoms with E-state index in [9.17, 15) is 24.0 Å². The van der Waals surface area contributed by atoms with E-state index in [1.807, 2.05) is 6.07 Å². The predicted molar refractivity (Wildman–Crippen MR) is 163 cm³/mol. The highest BCUT2D eigenvalue weighted by atomic mass is 16.5.